The lowest BCUT2D eigenvalue weighted by Gasteiger charge is -2.25. The van der Waals surface area contributed by atoms with Crippen molar-refractivity contribution in [2.45, 2.75) is 26.5 Å². The molecular formula is C31H26Cl2N2O5S. The molecular weight excluding hydrogens is 583 g/mol. The van der Waals surface area contributed by atoms with Crippen LogP contribution in [0.25, 0.3) is 6.08 Å². The van der Waals surface area contributed by atoms with E-state index in [1.165, 1.54) is 15.9 Å². The molecule has 3 aromatic carbocycles. The fraction of sp³-hybridized carbons (Fsp3) is 0.194. The van der Waals surface area contributed by atoms with Crippen LogP contribution >= 0.6 is 34.5 Å². The number of hydrogen-bond acceptors (Lipinski definition) is 7. The number of halogens is 2. The Morgan fingerprint density at radius 3 is 2.56 bits per heavy atom. The predicted molar refractivity (Wildman–Crippen MR) is 161 cm³/mol. The Hall–Kier alpha value is -3.85. The minimum atomic E-state index is -0.801. The average molecular weight is 610 g/mol. The third-order valence-corrected chi connectivity index (χ3v) is 8.05. The minimum absolute atomic E-state index is 0.178. The maximum atomic E-state index is 13.9. The number of nitrogens with zero attached hydrogens (tertiary/aromatic N) is 2. The molecule has 1 aliphatic heterocycles. The third kappa shape index (κ3) is 5.95. The lowest BCUT2D eigenvalue weighted by Crippen LogP contribution is -2.40. The summed E-state index contributed by atoms with van der Waals surface area (Å²) in [7, 11) is 1.54. The molecule has 0 aliphatic carbocycles. The predicted octanol–water partition coefficient (Wildman–Crippen LogP) is 5.69. The lowest BCUT2D eigenvalue weighted by atomic mass is 9.95. The fourth-order valence-electron chi connectivity index (χ4n) is 4.58. The van der Waals surface area contributed by atoms with Crippen molar-refractivity contribution in [2.24, 2.45) is 4.99 Å². The molecule has 2 heterocycles. The number of carbonyl (C=O) groups is 1. The highest BCUT2D eigenvalue weighted by Crippen LogP contribution is 2.36. The molecule has 0 bridgehead atoms. The van der Waals surface area contributed by atoms with Gasteiger partial charge in [0.05, 0.1) is 35.6 Å². The molecule has 0 radical (unpaired) electrons. The smallest absolute Gasteiger partial charge is 0.338 e. The quantitative estimate of drug-likeness (QED) is 0.240. The first-order valence-corrected chi connectivity index (χ1v) is 14.4. The zero-order chi connectivity index (χ0) is 29.1. The van der Waals surface area contributed by atoms with E-state index < -0.39 is 12.0 Å². The first kappa shape index (κ1) is 28.7. The summed E-state index contributed by atoms with van der Waals surface area (Å²) in [6.07, 6.45) is 1.70. The van der Waals surface area contributed by atoms with Gasteiger partial charge in [0.2, 0.25) is 0 Å². The van der Waals surface area contributed by atoms with Crippen LogP contribution in [0, 0.1) is 0 Å². The van der Waals surface area contributed by atoms with E-state index in [0.717, 1.165) is 5.56 Å². The Kier molecular flexibility index (Phi) is 8.63. The summed E-state index contributed by atoms with van der Waals surface area (Å²) in [4.78, 5) is 32.2. The van der Waals surface area contributed by atoms with Gasteiger partial charge in [0.1, 0.15) is 6.61 Å². The van der Waals surface area contributed by atoms with Gasteiger partial charge in [-0.05, 0) is 60.9 Å². The van der Waals surface area contributed by atoms with Crippen LogP contribution in [0.15, 0.2) is 87.8 Å². The largest absolute Gasteiger partial charge is 0.493 e. The molecule has 0 saturated carbocycles. The second-order valence-electron chi connectivity index (χ2n) is 9.15. The second kappa shape index (κ2) is 12.3. The molecule has 0 saturated heterocycles. The molecule has 1 unspecified atom stereocenters. The van der Waals surface area contributed by atoms with Gasteiger partial charge in [-0.15, -0.1) is 0 Å². The van der Waals surface area contributed by atoms with Crippen LogP contribution in [-0.4, -0.2) is 24.3 Å². The Labute approximate surface area is 250 Å². The van der Waals surface area contributed by atoms with Crippen LogP contribution in [-0.2, 0) is 16.1 Å². The van der Waals surface area contributed by atoms with E-state index in [2.05, 4.69) is 4.99 Å². The third-order valence-electron chi connectivity index (χ3n) is 6.51. The van der Waals surface area contributed by atoms with E-state index in [1.54, 1.807) is 57.4 Å². The zero-order valence-corrected chi connectivity index (χ0v) is 24.8. The van der Waals surface area contributed by atoms with E-state index in [0.29, 0.717) is 54.3 Å². The van der Waals surface area contributed by atoms with Gasteiger partial charge in [-0.1, -0.05) is 77.0 Å². The molecule has 0 amide bonds. The van der Waals surface area contributed by atoms with E-state index in [1.807, 2.05) is 36.4 Å². The molecule has 1 atom stereocenters. The van der Waals surface area contributed by atoms with E-state index in [9.17, 15) is 9.59 Å². The summed E-state index contributed by atoms with van der Waals surface area (Å²) in [5.41, 5.74) is 2.71. The summed E-state index contributed by atoms with van der Waals surface area (Å²) in [6, 6.07) is 19.4. The lowest BCUT2D eigenvalue weighted by molar-refractivity contribution is -0.139. The van der Waals surface area contributed by atoms with Gasteiger partial charge < -0.3 is 14.2 Å². The van der Waals surface area contributed by atoms with Crippen LogP contribution in [0.4, 0.5) is 0 Å². The van der Waals surface area contributed by atoms with Crippen molar-refractivity contribution in [1.29, 1.82) is 0 Å². The first-order valence-electron chi connectivity index (χ1n) is 12.8. The molecule has 41 heavy (non-hydrogen) atoms. The van der Waals surface area contributed by atoms with Crippen LogP contribution in [0.3, 0.4) is 0 Å². The second-order valence-corrected chi connectivity index (χ2v) is 11.0. The SMILES string of the molecule is CCOC(=O)C1=C(C)N=c2s/c(=C\c3ccc(Cl)cc3Cl)c(=O)n2C1c1ccc(OCc2ccccc2)c(OC)c1. The van der Waals surface area contributed by atoms with Gasteiger partial charge in [0, 0.05) is 10.0 Å². The molecule has 0 spiro atoms. The van der Waals surface area contributed by atoms with Crippen molar-refractivity contribution < 1.29 is 19.0 Å². The highest BCUT2D eigenvalue weighted by atomic mass is 35.5. The number of rotatable bonds is 8. The normalized spacial score (nSPS) is 14.9. The number of aromatic nitrogens is 1. The maximum Gasteiger partial charge on any atom is 0.338 e. The monoisotopic (exact) mass is 608 g/mol. The number of methoxy groups -OCH3 is 1. The number of fused-ring (bicyclic) bond motifs is 1. The van der Waals surface area contributed by atoms with Gasteiger partial charge in [-0.3, -0.25) is 9.36 Å². The van der Waals surface area contributed by atoms with Crippen molar-refractivity contribution in [2.75, 3.05) is 13.7 Å². The number of thiazole rings is 1. The van der Waals surface area contributed by atoms with Crippen LogP contribution in [0.2, 0.25) is 10.0 Å². The van der Waals surface area contributed by atoms with Crippen LogP contribution in [0.5, 0.6) is 11.5 Å². The molecule has 10 heteroatoms. The molecule has 5 rings (SSSR count). The van der Waals surface area contributed by atoms with Gasteiger partial charge in [0.15, 0.2) is 16.3 Å². The molecule has 0 fully saturated rings. The topological polar surface area (TPSA) is 79.1 Å². The van der Waals surface area contributed by atoms with Crippen LogP contribution < -0.4 is 24.4 Å². The number of allylic oxidation sites excluding steroid dienone is 1. The van der Waals surface area contributed by atoms with E-state index >= 15 is 0 Å². The van der Waals surface area contributed by atoms with Gasteiger partial charge >= 0.3 is 5.97 Å². The standard InChI is InChI=1S/C31H26Cl2N2O5S/c1-4-39-30(37)27-18(2)34-31-35(29(36)26(41-31)15-20-10-12-22(32)16-23(20)33)28(27)21-11-13-24(25(14-21)38-3)40-17-19-8-6-5-7-9-19/h5-16,28H,4,17H2,1-3H3/b26-15-. The summed E-state index contributed by atoms with van der Waals surface area (Å²) < 4.78 is 19.0. The first-order chi connectivity index (χ1) is 19.8. The number of esters is 1. The summed E-state index contributed by atoms with van der Waals surface area (Å²) in [5, 5.41) is 0.910. The zero-order valence-electron chi connectivity index (χ0n) is 22.5. The van der Waals surface area contributed by atoms with Crippen molar-refractivity contribution in [1.82, 2.24) is 4.57 Å². The Morgan fingerprint density at radius 1 is 1.07 bits per heavy atom. The average Bonchev–Trinajstić information content (AvgIpc) is 3.27. The van der Waals surface area contributed by atoms with Crippen molar-refractivity contribution in [3.63, 3.8) is 0 Å². The molecule has 1 aliphatic rings. The van der Waals surface area contributed by atoms with E-state index in [-0.39, 0.29) is 17.7 Å². The Morgan fingerprint density at radius 2 is 1.85 bits per heavy atom. The van der Waals surface area contributed by atoms with Crippen molar-refractivity contribution >= 4 is 46.6 Å². The molecule has 0 N–H and O–H groups in total. The molecule has 7 nitrogen and oxygen atoms in total. The van der Waals surface area contributed by atoms with Crippen molar-refractivity contribution in [3.05, 3.63) is 124 Å². The number of benzene rings is 3. The fourth-order valence-corrected chi connectivity index (χ4v) is 6.08. The minimum Gasteiger partial charge on any atom is -0.493 e. The van der Waals surface area contributed by atoms with Gasteiger partial charge in [-0.25, -0.2) is 9.79 Å². The van der Waals surface area contributed by atoms with Crippen LogP contribution in [0.1, 0.15) is 36.6 Å². The Balaban J connectivity index is 1.63. The summed E-state index contributed by atoms with van der Waals surface area (Å²) in [6.45, 7) is 4.00. The molecule has 4 aromatic rings. The van der Waals surface area contributed by atoms with Gasteiger partial charge in [-0.2, -0.15) is 0 Å². The molecule has 1 aromatic heterocycles. The maximum absolute atomic E-state index is 13.9. The summed E-state index contributed by atoms with van der Waals surface area (Å²) >= 11 is 13.6. The molecule has 210 valence electrons. The van der Waals surface area contributed by atoms with Gasteiger partial charge in [0.25, 0.3) is 5.56 Å². The Bertz CT molecular complexity index is 1830. The summed E-state index contributed by atoms with van der Waals surface area (Å²) in [5.74, 6) is 0.451. The number of hydrogen-bond donors (Lipinski definition) is 0. The van der Waals surface area contributed by atoms with Crippen molar-refractivity contribution in [3.8, 4) is 11.5 Å². The highest BCUT2D eigenvalue weighted by Gasteiger charge is 2.34. The number of ether oxygens (including phenoxy) is 3. The highest BCUT2D eigenvalue weighted by molar-refractivity contribution is 7.07. The van der Waals surface area contributed by atoms with E-state index in [4.69, 9.17) is 37.4 Å². The number of carbonyl (C=O) groups excluding carboxylic acids is 1.